The first kappa shape index (κ1) is 14.5. The van der Waals surface area contributed by atoms with E-state index in [1.54, 1.807) is 0 Å². The third-order valence-corrected chi connectivity index (χ3v) is 4.09. The van der Waals surface area contributed by atoms with E-state index in [4.69, 9.17) is 0 Å². The molecule has 0 bridgehead atoms. The third-order valence-electron chi connectivity index (χ3n) is 4.09. The highest BCUT2D eigenvalue weighted by Gasteiger charge is 2.27. The zero-order chi connectivity index (χ0) is 12.8. The molecule has 1 rings (SSSR count). The standard InChI is InChI=1S/C14H28N2O/c1-5-11(3)15-9-14(17)16-10-13(6-2)8-7-12(16)4/h11-13,15H,5-10H2,1-4H3. The summed E-state index contributed by atoms with van der Waals surface area (Å²) in [5.41, 5.74) is 0. The second kappa shape index (κ2) is 7.00. The zero-order valence-corrected chi connectivity index (χ0v) is 11.8. The van der Waals surface area contributed by atoms with Gasteiger partial charge in [-0.1, -0.05) is 20.3 Å². The van der Waals surface area contributed by atoms with Gasteiger partial charge < -0.3 is 10.2 Å². The van der Waals surface area contributed by atoms with Crippen LogP contribution in [0, 0.1) is 5.92 Å². The number of piperidine rings is 1. The van der Waals surface area contributed by atoms with Crippen LogP contribution in [0.2, 0.25) is 0 Å². The van der Waals surface area contributed by atoms with Gasteiger partial charge >= 0.3 is 0 Å². The molecule has 1 heterocycles. The second-order valence-corrected chi connectivity index (χ2v) is 5.44. The minimum absolute atomic E-state index is 0.274. The lowest BCUT2D eigenvalue weighted by atomic mass is 9.91. The summed E-state index contributed by atoms with van der Waals surface area (Å²) in [6.07, 6.45) is 4.70. The van der Waals surface area contributed by atoms with Gasteiger partial charge in [0.15, 0.2) is 0 Å². The van der Waals surface area contributed by atoms with Gasteiger partial charge in [0.2, 0.25) is 5.91 Å². The average Bonchev–Trinajstić information content (AvgIpc) is 2.36. The number of nitrogens with one attached hydrogen (secondary N) is 1. The van der Waals surface area contributed by atoms with Gasteiger partial charge in [-0.3, -0.25) is 4.79 Å². The molecule has 3 atom stereocenters. The highest BCUT2D eigenvalue weighted by atomic mass is 16.2. The van der Waals surface area contributed by atoms with E-state index in [2.05, 4.69) is 37.9 Å². The molecule has 1 saturated heterocycles. The third kappa shape index (κ3) is 4.30. The van der Waals surface area contributed by atoms with Gasteiger partial charge in [0.05, 0.1) is 6.54 Å². The Hall–Kier alpha value is -0.570. The molecule has 0 aliphatic carbocycles. The summed E-state index contributed by atoms with van der Waals surface area (Å²) in [7, 11) is 0. The molecule has 1 fully saturated rings. The first-order valence-corrected chi connectivity index (χ1v) is 7.11. The van der Waals surface area contributed by atoms with Gasteiger partial charge in [-0.05, 0) is 39.0 Å². The summed E-state index contributed by atoms with van der Waals surface area (Å²) in [4.78, 5) is 14.2. The van der Waals surface area contributed by atoms with E-state index < -0.39 is 0 Å². The summed E-state index contributed by atoms with van der Waals surface area (Å²) in [5.74, 6) is 0.981. The minimum Gasteiger partial charge on any atom is -0.339 e. The Balaban J connectivity index is 2.43. The molecule has 0 aromatic rings. The molecule has 0 radical (unpaired) electrons. The smallest absolute Gasteiger partial charge is 0.236 e. The summed E-state index contributed by atoms with van der Waals surface area (Å²) in [6, 6.07) is 0.852. The van der Waals surface area contributed by atoms with Crippen molar-refractivity contribution in [2.75, 3.05) is 13.1 Å². The Morgan fingerprint density at radius 2 is 2.12 bits per heavy atom. The number of rotatable bonds is 5. The number of carbonyl (C=O) groups excluding carboxylic acids is 1. The molecule has 1 amide bonds. The first-order chi connectivity index (χ1) is 8.08. The molecular formula is C14H28N2O. The van der Waals surface area contributed by atoms with Crippen molar-refractivity contribution >= 4 is 5.91 Å². The predicted molar refractivity (Wildman–Crippen MR) is 71.9 cm³/mol. The van der Waals surface area contributed by atoms with E-state index >= 15 is 0 Å². The molecule has 17 heavy (non-hydrogen) atoms. The quantitative estimate of drug-likeness (QED) is 0.800. The fraction of sp³-hybridized carbons (Fsp3) is 0.929. The van der Waals surface area contributed by atoms with Crippen LogP contribution >= 0.6 is 0 Å². The van der Waals surface area contributed by atoms with Crippen molar-refractivity contribution in [3.63, 3.8) is 0 Å². The summed E-state index contributed by atoms with van der Waals surface area (Å²) in [6.45, 7) is 10.1. The van der Waals surface area contributed by atoms with Crippen molar-refractivity contribution < 1.29 is 4.79 Å². The number of hydrogen-bond donors (Lipinski definition) is 1. The van der Waals surface area contributed by atoms with Crippen molar-refractivity contribution in [2.45, 2.75) is 65.5 Å². The first-order valence-electron chi connectivity index (χ1n) is 7.11. The predicted octanol–water partition coefficient (Wildman–Crippen LogP) is 2.41. The molecule has 3 nitrogen and oxygen atoms in total. The van der Waals surface area contributed by atoms with Crippen molar-refractivity contribution in [3.8, 4) is 0 Å². The number of nitrogens with zero attached hydrogens (tertiary/aromatic N) is 1. The fourth-order valence-corrected chi connectivity index (χ4v) is 2.37. The van der Waals surface area contributed by atoms with Crippen LogP contribution < -0.4 is 5.32 Å². The average molecular weight is 240 g/mol. The normalized spacial score (nSPS) is 26.9. The summed E-state index contributed by atoms with van der Waals surface area (Å²) in [5, 5.41) is 3.29. The van der Waals surface area contributed by atoms with Crippen LogP contribution in [-0.2, 0) is 4.79 Å². The molecule has 0 aromatic carbocycles. The zero-order valence-electron chi connectivity index (χ0n) is 11.8. The van der Waals surface area contributed by atoms with Crippen molar-refractivity contribution in [2.24, 2.45) is 5.92 Å². The van der Waals surface area contributed by atoms with Gasteiger partial charge in [-0.2, -0.15) is 0 Å². The molecule has 100 valence electrons. The van der Waals surface area contributed by atoms with Gasteiger partial charge in [-0.15, -0.1) is 0 Å². The second-order valence-electron chi connectivity index (χ2n) is 5.44. The molecule has 1 aliphatic rings. The number of carbonyl (C=O) groups is 1. The maximum absolute atomic E-state index is 12.2. The molecule has 0 spiro atoms. The molecule has 3 heteroatoms. The highest BCUT2D eigenvalue weighted by Crippen LogP contribution is 2.23. The fourth-order valence-electron chi connectivity index (χ4n) is 2.37. The highest BCUT2D eigenvalue weighted by molar-refractivity contribution is 5.78. The van der Waals surface area contributed by atoms with Crippen LogP contribution in [-0.4, -0.2) is 36.0 Å². The van der Waals surface area contributed by atoms with Crippen LogP contribution in [0.15, 0.2) is 0 Å². The molecule has 0 saturated carbocycles. The van der Waals surface area contributed by atoms with Crippen molar-refractivity contribution in [3.05, 3.63) is 0 Å². The van der Waals surface area contributed by atoms with Gasteiger partial charge in [0.25, 0.3) is 0 Å². The van der Waals surface area contributed by atoms with Gasteiger partial charge in [-0.25, -0.2) is 0 Å². The molecule has 1 aliphatic heterocycles. The number of amides is 1. The lowest BCUT2D eigenvalue weighted by Crippen LogP contribution is -2.49. The Kier molecular flexibility index (Phi) is 5.96. The maximum Gasteiger partial charge on any atom is 0.236 e. The van der Waals surface area contributed by atoms with E-state index in [1.165, 1.54) is 12.8 Å². The Morgan fingerprint density at radius 3 is 2.71 bits per heavy atom. The molecule has 3 unspecified atom stereocenters. The van der Waals surface area contributed by atoms with E-state index in [1.807, 2.05) is 0 Å². The van der Waals surface area contributed by atoms with Gasteiger partial charge in [0, 0.05) is 18.6 Å². The molecule has 0 aromatic heterocycles. The van der Waals surface area contributed by atoms with E-state index in [9.17, 15) is 4.79 Å². The summed E-state index contributed by atoms with van der Waals surface area (Å²) < 4.78 is 0. The van der Waals surface area contributed by atoms with Crippen LogP contribution in [0.1, 0.15) is 53.4 Å². The lowest BCUT2D eigenvalue weighted by Gasteiger charge is -2.38. The van der Waals surface area contributed by atoms with Crippen LogP contribution in [0.5, 0.6) is 0 Å². The number of hydrogen-bond acceptors (Lipinski definition) is 2. The lowest BCUT2D eigenvalue weighted by molar-refractivity contribution is -0.134. The maximum atomic E-state index is 12.2. The molecule has 1 N–H and O–H groups in total. The van der Waals surface area contributed by atoms with E-state index in [0.29, 0.717) is 24.5 Å². The van der Waals surface area contributed by atoms with E-state index in [-0.39, 0.29) is 5.91 Å². The number of likely N-dealkylation sites (tertiary alicyclic amines) is 1. The Bertz CT molecular complexity index is 242. The van der Waals surface area contributed by atoms with Crippen LogP contribution in [0.4, 0.5) is 0 Å². The Morgan fingerprint density at radius 1 is 1.41 bits per heavy atom. The monoisotopic (exact) mass is 240 g/mol. The van der Waals surface area contributed by atoms with Crippen LogP contribution in [0.3, 0.4) is 0 Å². The molecular weight excluding hydrogens is 212 g/mol. The van der Waals surface area contributed by atoms with Crippen molar-refractivity contribution in [1.82, 2.24) is 10.2 Å². The SMILES string of the molecule is CCC1CCC(C)N(C(=O)CNC(C)CC)C1. The van der Waals surface area contributed by atoms with E-state index in [0.717, 1.165) is 19.4 Å². The van der Waals surface area contributed by atoms with Crippen molar-refractivity contribution in [1.29, 1.82) is 0 Å². The minimum atomic E-state index is 0.274. The van der Waals surface area contributed by atoms with Crippen LogP contribution in [0.25, 0.3) is 0 Å². The Labute approximate surface area is 106 Å². The largest absolute Gasteiger partial charge is 0.339 e. The van der Waals surface area contributed by atoms with Gasteiger partial charge in [0.1, 0.15) is 0 Å². The topological polar surface area (TPSA) is 32.3 Å². The summed E-state index contributed by atoms with van der Waals surface area (Å²) >= 11 is 0.